The summed E-state index contributed by atoms with van der Waals surface area (Å²) >= 11 is 0. The molecule has 0 spiro atoms. The summed E-state index contributed by atoms with van der Waals surface area (Å²) in [5.41, 5.74) is 1.03. The van der Waals surface area contributed by atoms with Gasteiger partial charge in [0.1, 0.15) is 30.5 Å². The molecular weight excluding hydrogens is 266 g/mol. The zero-order chi connectivity index (χ0) is 14.7. The number of benzene rings is 1. The van der Waals surface area contributed by atoms with Gasteiger partial charge < -0.3 is 30.5 Å². The minimum absolute atomic E-state index is 0.478. The quantitative estimate of drug-likeness (QED) is 0.441. The second-order valence-corrected chi connectivity index (χ2v) is 4.64. The Hall–Kier alpha value is -1.51. The minimum atomic E-state index is -1.42. The summed E-state index contributed by atoms with van der Waals surface area (Å²) in [6, 6.07) is 6.55. The van der Waals surface area contributed by atoms with Crippen LogP contribution in [0.25, 0.3) is 0 Å². The number of aliphatic hydroxyl groups is 4. The number of nitrogens with one attached hydrogen (secondary N) is 1. The van der Waals surface area contributed by atoms with Gasteiger partial charge in [-0.25, -0.2) is 0 Å². The average Bonchev–Trinajstić information content (AvgIpc) is 2.46. The lowest BCUT2D eigenvalue weighted by Gasteiger charge is -2.40. The van der Waals surface area contributed by atoms with E-state index in [0.29, 0.717) is 17.7 Å². The number of amides is 1. The van der Waals surface area contributed by atoms with Crippen LogP contribution in [0.3, 0.4) is 0 Å². The molecular formula is C13H17NO6. The van der Waals surface area contributed by atoms with E-state index in [1.807, 2.05) is 0 Å². The normalized spacial score (nSPS) is 33.7. The van der Waals surface area contributed by atoms with E-state index in [-0.39, 0.29) is 0 Å². The lowest BCUT2D eigenvalue weighted by Crippen LogP contribution is -2.55. The summed E-state index contributed by atoms with van der Waals surface area (Å²) in [6.45, 7) is -0.478. The molecule has 1 amide bonds. The maximum absolute atomic E-state index is 10.4. The average molecular weight is 283 g/mol. The highest BCUT2D eigenvalue weighted by Crippen LogP contribution is 2.33. The van der Waals surface area contributed by atoms with Crippen molar-refractivity contribution in [1.29, 1.82) is 0 Å². The molecule has 1 aliphatic heterocycles. The van der Waals surface area contributed by atoms with Gasteiger partial charge >= 0.3 is 0 Å². The van der Waals surface area contributed by atoms with E-state index in [4.69, 9.17) is 9.84 Å². The molecule has 1 heterocycles. The Morgan fingerprint density at radius 1 is 1.20 bits per heavy atom. The number of rotatable bonds is 4. The van der Waals surface area contributed by atoms with Crippen LogP contribution in [0.2, 0.25) is 0 Å². The molecule has 110 valence electrons. The Labute approximate surface area is 115 Å². The summed E-state index contributed by atoms with van der Waals surface area (Å²) in [5, 5.41) is 41.0. The van der Waals surface area contributed by atoms with Crippen molar-refractivity contribution in [2.24, 2.45) is 0 Å². The van der Waals surface area contributed by atoms with Crippen molar-refractivity contribution >= 4 is 12.1 Å². The number of hydrogen-bond donors (Lipinski definition) is 5. The lowest BCUT2D eigenvalue weighted by molar-refractivity contribution is -0.231. The number of carbonyl (C=O) groups excluding carboxylic acids is 1. The van der Waals surface area contributed by atoms with Gasteiger partial charge in [-0.3, -0.25) is 4.79 Å². The summed E-state index contributed by atoms with van der Waals surface area (Å²) < 4.78 is 5.42. The molecule has 1 aromatic rings. The SMILES string of the molecule is O=CNc1cccc([C@H]2OC(CO)[C@@H](O)C(O)C2O)c1. The van der Waals surface area contributed by atoms with E-state index in [0.717, 1.165) is 0 Å². The molecule has 1 saturated heterocycles. The Bertz CT molecular complexity index is 466. The highest BCUT2D eigenvalue weighted by Gasteiger charge is 2.43. The van der Waals surface area contributed by atoms with Gasteiger partial charge in [0, 0.05) is 5.69 Å². The van der Waals surface area contributed by atoms with Gasteiger partial charge in [-0.2, -0.15) is 0 Å². The third-order valence-corrected chi connectivity index (χ3v) is 3.33. The first-order valence-corrected chi connectivity index (χ1v) is 6.19. The topological polar surface area (TPSA) is 119 Å². The predicted octanol–water partition coefficient (Wildman–Crippen LogP) is -1.23. The molecule has 0 bridgehead atoms. The van der Waals surface area contributed by atoms with E-state index in [1.54, 1.807) is 24.3 Å². The molecule has 1 fully saturated rings. The minimum Gasteiger partial charge on any atom is -0.394 e. The van der Waals surface area contributed by atoms with Crippen LogP contribution in [0.1, 0.15) is 11.7 Å². The molecule has 7 heteroatoms. The van der Waals surface area contributed by atoms with E-state index in [2.05, 4.69) is 5.32 Å². The highest BCUT2D eigenvalue weighted by molar-refractivity contribution is 5.71. The van der Waals surface area contributed by atoms with Gasteiger partial charge in [0.05, 0.1) is 6.61 Å². The number of hydrogen-bond acceptors (Lipinski definition) is 6. The van der Waals surface area contributed by atoms with E-state index >= 15 is 0 Å². The lowest BCUT2D eigenvalue weighted by atomic mass is 9.91. The largest absolute Gasteiger partial charge is 0.394 e. The second kappa shape index (κ2) is 6.29. The van der Waals surface area contributed by atoms with Crippen LogP contribution in [0.4, 0.5) is 5.69 Å². The number of anilines is 1. The van der Waals surface area contributed by atoms with Crippen LogP contribution in [-0.2, 0) is 9.53 Å². The maximum atomic E-state index is 10.4. The van der Waals surface area contributed by atoms with Crippen molar-refractivity contribution in [3.8, 4) is 0 Å². The fraction of sp³-hybridized carbons (Fsp3) is 0.462. The van der Waals surface area contributed by atoms with Gasteiger partial charge in [0.15, 0.2) is 0 Å². The van der Waals surface area contributed by atoms with Crippen LogP contribution < -0.4 is 5.32 Å². The Balaban J connectivity index is 2.26. The van der Waals surface area contributed by atoms with Crippen molar-refractivity contribution in [3.63, 3.8) is 0 Å². The van der Waals surface area contributed by atoms with Crippen LogP contribution in [0.15, 0.2) is 24.3 Å². The Morgan fingerprint density at radius 2 is 1.95 bits per heavy atom. The third-order valence-electron chi connectivity index (χ3n) is 3.33. The number of ether oxygens (including phenoxy) is 1. The molecule has 1 aromatic carbocycles. The molecule has 0 radical (unpaired) electrons. The molecule has 7 nitrogen and oxygen atoms in total. The van der Waals surface area contributed by atoms with Crippen molar-refractivity contribution in [2.45, 2.75) is 30.5 Å². The molecule has 0 aromatic heterocycles. The molecule has 20 heavy (non-hydrogen) atoms. The summed E-state index contributed by atoms with van der Waals surface area (Å²) in [7, 11) is 0. The Morgan fingerprint density at radius 3 is 2.60 bits per heavy atom. The first-order valence-electron chi connectivity index (χ1n) is 6.19. The molecule has 0 saturated carbocycles. The first-order chi connectivity index (χ1) is 9.58. The molecule has 2 rings (SSSR count). The molecule has 0 aliphatic carbocycles. The molecule has 5 N–H and O–H groups in total. The van der Waals surface area contributed by atoms with E-state index in [1.165, 1.54) is 0 Å². The van der Waals surface area contributed by atoms with Crippen LogP contribution in [0, 0.1) is 0 Å². The molecule has 5 atom stereocenters. The highest BCUT2D eigenvalue weighted by atomic mass is 16.5. The standard InChI is InChI=1S/C13H17NO6/c15-5-9-10(17)11(18)12(19)13(20-9)7-2-1-3-8(4-7)14-6-16/h1-4,6,9-13,15,17-19H,5H2,(H,14,16)/t9?,10-,11?,12?,13-/m1/s1. The van der Waals surface area contributed by atoms with Gasteiger partial charge in [-0.1, -0.05) is 12.1 Å². The van der Waals surface area contributed by atoms with Crippen molar-refractivity contribution in [2.75, 3.05) is 11.9 Å². The van der Waals surface area contributed by atoms with Crippen molar-refractivity contribution in [1.82, 2.24) is 0 Å². The predicted molar refractivity (Wildman–Crippen MR) is 68.8 cm³/mol. The monoisotopic (exact) mass is 283 g/mol. The maximum Gasteiger partial charge on any atom is 0.211 e. The molecule has 1 aliphatic rings. The smallest absolute Gasteiger partial charge is 0.211 e. The van der Waals surface area contributed by atoms with Crippen molar-refractivity contribution in [3.05, 3.63) is 29.8 Å². The van der Waals surface area contributed by atoms with Gasteiger partial charge in [0.2, 0.25) is 6.41 Å². The number of aliphatic hydroxyl groups excluding tert-OH is 4. The summed E-state index contributed by atoms with van der Waals surface area (Å²) in [6.07, 6.45) is -5.48. The molecule has 3 unspecified atom stereocenters. The fourth-order valence-electron chi connectivity index (χ4n) is 2.25. The van der Waals surface area contributed by atoms with Crippen LogP contribution >= 0.6 is 0 Å². The van der Waals surface area contributed by atoms with Crippen molar-refractivity contribution < 1.29 is 30.0 Å². The van der Waals surface area contributed by atoms with Gasteiger partial charge in [-0.05, 0) is 17.7 Å². The van der Waals surface area contributed by atoms with Crippen LogP contribution in [-0.4, -0.2) is 57.9 Å². The second-order valence-electron chi connectivity index (χ2n) is 4.64. The summed E-state index contributed by atoms with van der Waals surface area (Å²) in [4.78, 5) is 10.4. The first kappa shape index (κ1) is 14.9. The number of carbonyl (C=O) groups is 1. The van der Waals surface area contributed by atoms with Crippen LogP contribution in [0.5, 0.6) is 0 Å². The van der Waals surface area contributed by atoms with E-state index < -0.39 is 37.1 Å². The van der Waals surface area contributed by atoms with Gasteiger partial charge in [0.25, 0.3) is 0 Å². The Kier molecular flexibility index (Phi) is 4.69. The third kappa shape index (κ3) is 2.82. The zero-order valence-corrected chi connectivity index (χ0v) is 10.6. The van der Waals surface area contributed by atoms with E-state index in [9.17, 15) is 20.1 Å². The fourth-order valence-corrected chi connectivity index (χ4v) is 2.25. The summed E-state index contributed by atoms with van der Waals surface area (Å²) in [5.74, 6) is 0. The zero-order valence-electron chi connectivity index (χ0n) is 10.6. The van der Waals surface area contributed by atoms with Gasteiger partial charge in [-0.15, -0.1) is 0 Å².